The van der Waals surface area contributed by atoms with E-state index in [0.29, 0.717) is 18.3 Å². The molecule has 0 aromatic heterocycles. The molecule has 1 N–H and O–H groups in total. The second kappa shape index (κ2) is 16.4. The summed E-state index contributed by atoms with van der Waals surface area (Å²) in [7, 11) is 0. The number of carbonyl (C=O) groups is 5. The summed E-state index contributed by atoms with van der Waals surface area (Å²) >= 11 is 1.54. The van der Waals surface area contributed by atoms with Gasteiger partial charge in [-0.25, -0.2) is 4.79 Å². The van der Waals surface area contributed by atoms with E-state index in [1.54, 1.807) is 0 Å². The molecule has 0 bridgehead atoms. The van der Waals surface area contributed by atoms with Gasteiger partial charge >= 0.3 is 12.1 Å². The van der Waals surface area contributed by atoms with Gasteiger partial charge in [0.2, 0.25) is 5.91 Å². The molecule has 0 radical (unpaired) electrons. The molecule has 28 heavy (non-hydrogen) atoms. The molecule has 160 valence electrons. The van der Waals surface area contributed by atoms with Crippen LogP contribution in [0.2, 0.25) is 0 Å². The van der Waals surface area contributed by atoms with E-state index < -0.39 is 12.1 Å². The molecule has 0 aliphatic rings. The number of esters is 1. The standard InChI is InChI=1S/C18H29NO7S2/c1-4-5-6-9-19-14(20)11-27-16(22)7-8-17(23)28-12-15(21)26-18(24)25-10-13(2)3/h13H,4-12H2,1-3H3,(H,19,20). The van der Waals surface area contributed by atoms with Crippen LogP contribution in [0.25, 0.3) is 0 Å². The molecule has 0 spiro atoms. The highest BCUT2D eigenvalue weighted by Crippen LogP contribution is 2.13. The van der Waals surface area contributed by atoms with Crippen molar-refractivity contribution in [3.05, 3.63) is 0 Å². The van der Waals surface area contributed by atoms with Crippen LogP contribution in [-0.2, 0) is 28.7 Å². The average Bonchev–Trinajstić information content (AvgIpc) is 2.64. The average molecular weight is 436 g/mol. The smallest absolute Gasteiger partial charge is 0.434 e. The molecule has 0 aliphatic carbocycles. The highest BCUT2D eigenvalue weighted by Gasteiger charge is 2.16. The van der Waals surface area contributed by atoms with Gasteiger partial charge in [-0.2, -0.15) is 0 Å². The van der Waals surface area contributed by atoms with Crippen molar-refractivity contribution >= 4 is 51.8 Å². The summed E-state index contributed by atoms with van der Waals surface area (Å²) in [6, 6.07) is 0. The summed E-state index contributed by atoms with van der Waals surface area (Å²) in [6.45, 7) is 6.47. The van der Waals surface area contributed by atoms with Gasteiger partial charge in [0.15, 0.2) is 10.2 Å². The quantitative estimate of drug-likeness (QED) is 0.265. The third-order valence-corrected chi connectivity index (χ3v) is 4.92. The largest absolute Gasteiger partial charge is 0.516 e. The Morgan fingerprint density at radius 3 is 2.11 bits per heavy atom. The van der Waals surface area contributed by atoms with E-state index >= 15 is 0 Å². The number of nitrogens with one attached hydrogen (secondary N) is 1. The zero-order valence-electron chi connectivity index (χ0n) is 16.6. The maximum Gasteiger partial charge on any atom is 0.516 e. The minimum atomic E-state index is -1.09. The van der Waals surface area contributed by atoms with Crippen LogP contribution in [0.1, 0.15) is 52.9 Å². The molecule has 0 saturated carbocycles. The first-order chi connectivity index (χ1) is 13.2. The van der Waals surface area contributed by atoms with Crippen molar-refractivity contribution in [3.63, 3.8) is 0 Å². The molecule has 0 heterocycles. The van der Waals surface area contributed by atoms with Gasteiger partial charge in [0.05, 0.1) is 18.1 Å². The topological polar surface area (TPSA) is 116 Å². The highest BCUT2D eigenvalue weighted by atomic mass is 32.2. The lowest BCUT2D eigenvalue weighted by molar-refractivity contribution is -0.137. The van der Waals surface area contributed by atoms with Gasteiger partial charge in [-0.1, -0.05) is 57.1 Å². The molecule has 0 saturated heterocycles. The molecule has 0 aromatic carbocycles. The second-order valence-corrected chi connectivity index (χ2v) is 8.37. The number of rotatable bonds is 13. The van der Waals surface area contributed by atoms with Crippen LogP contribution in [-0.4, -0.2) is 52.9 Å². The number of unbranched alkanes of at least 4 members (excludes halogenated alkanes) is 2. The Morgan fingerprint density at radius 2 is 1.54 bits per heavy atom. The van der Waals surface area contributed by atoms with Gasteiger partial charge in [-0.05, 0) is 12.3 Å². The van der Waals surface area contributed by atoms with Crippen molar-refractivity contribution in [2.45, 2.75) is 52.9 Å². The second-order valence-electron chi connectivity index (χ2n) is 6.31. The summed E-state index contributed by atoms with van der Waals surface area (Å²) in [5, 5.41) is 2.09. The van der Waals surface area contributed by atoms with Gasteiger partial charge in [0.1, 0.15) is 0 Å². The van der Waals surface area contributed by atoms with Gasteiger partial charge in [-0.15, -0.1) is 0 Å². The maximum absolute atomic E-state index is 11.7. The molecule has 10 heteroatoms. The van der Waals surface area contributed by atoms with Gasteiger partial charge in [-0.3, -0.25) is 19.2 Å². The summed E-state index contributed by atoms with van der Waals surface area (Å²) in [4.78, 5) is 57.6. The molecule has 8 nitrogen and oxygen atoms in total. The van der Waals surface area contributed by atoms with Crippen molar-refractivity contribution in [1.82, 2.24) is 5.32 Å². The minimum Gasteiger partial charge on any atom is -0.434 e. The van der Waals surface area contributed by atoms with Crippen molar-refractivity contribution in [2.75, 3.05) is 24.7 Å². The van der Waals surface area contributed by atoms with Crippen molar-refractivity contribution in [1.29, 1.82) is 0 Å². The fraction of sp³-hybridized carbons (Fsp3) is 0.722. The van der Waals surface area contributed by atoms with E-state index in [1.165, 1.54) is 0 Å². The zero-order chi connectivity index (χ0) is 21.4. The number of thioether (sulfide) groups is 2. The van der Waals surface area contributed by atoms with Crippen LogP contribution in [0.15, 0.2) is 0 Å². The Hall–Kier alpha value is -1.55. The Bertz CT molecular complexity index is 538. The Labute approximate surface area is 174 Å². The SMILES string of the molecule is CCCCCNC(=O)CSC(=O)CCC(=O)SCC(=O)OC(=O)OCC(C)C. The van der Waals surface area contributed by atoms with Crippen molar-refractivity contribution in [3.8, 4) is 0 Å². The Kier molecular flexibility index (Phi) is 15.5. The molecule has 0 aromatic rings. The Morgan fingerprint density at radius 1 is 0.929 bits per heavy atom. The first-order valence-corrected chi connectivity index (χ1v) is 11.2. The summed E-state index contributed by atoms with van der Waals surface area (Å²) in [6.07, 6.45) is 1.84. The van der Waals surface area contributed by atoms with Crippen LogP contribution in [0.4, 0.5) is 4.79 Å². The third-order valence-electron chi connectivity index (χ3n) is 3.08. The minimum absolute atomic E-state index is 0.0227. The normalized spacial score (nSPS) is 10.4. The zero-order valence-corrected chi connectivity index (χ0v) is 18.2. The lowest BCUT2D eigenvalue weighted by atomic mass is 10.2. The number of hydrogen-bond acceptors (Lipinski definition) is 9. The maximum atomic E-state index is 11.7. The van der Waals surface area contributed by atoms with Crippen LogP contribution in [0, 0.1) is 5.92 Å². The lowest BCUT2D eigenvalue weighted by Gasteiger charge is -2.06. The van der Waals surface area contributed by atoms with Crippen molar-refractivity contribution < 1.29 is 33.4 Å². The van der Waals surface area contributed by atoms with E-state index in [4.69, 9.17) is 0 Å². The van der Waals surface area contributed by atoms with E-state index in [-0.39, 0.29) is 53.0 Å². The van der Waals surface area contributed by atoms with Gasteiger partial charge in [0, 0.05) is 19.4 Å². The predicted molar refractivity (Wildman–Crippen MR) is 109 cm³/mol. The van der Waals surface area contributed by atoms with Crippen LogP contribution < -0.4 is 5.32 Å². The van der Waals surface area contributed by atoms with Crippen LogP contribution in [0.3, 0.4) is 0 Å². The summed E-state index contributed by atoms with van der Waals surface area (Å²) < 4.78 is 9.09. The number of carbonyl (C=O) groups excluding carboxylic acids is 5. The summed E-state index contributed by atoms with van der Waals surface area (Å²) in [5.41, 5.74) is 0. The first kappa shape index (κ1) is 26.4. The van der Waals surface area contributed by atoms with E-state index in [1.807, 2.05) is 13.8 Å². The van der Waals surface area contributed by atoms with E-state index in [2.05, 4.69) is 21.7 Å². The number of amides is 1. The lowest BCUT2D eigenvalue weighted by Crippen LogP contribution is -2.26. The molecule has 0 unspecified atom stereocenters. The van der Waals surface area contributed by atoms with E-state index in [9.17, 15) is 24.0 Å². The van der Waals surface area contributed by atoms with Crippen molar-refractivity contribution in [2.24, 2.45) is 5.92 Å². The van der Waals surface area contributed by atoms with Gasteiger partial charge < -0.3 is 14.8 Å². The fourth-order valence-corrected chi connectivity index (χ4v) is 2.90. The van der Waals surface area contributed by atoms with Crippen LogP contribution >= 0.6 is 23.5 Å². The monoisotopic (exact) mass is 435 g/mol. The first-order valence-electron chi connectivity index (χ1n) is 9.20. The number of ether oxygens (including phenoxy) is 2. The molecule has 0 aliphatic heterocycles. The fourth-order valence-electron chi connectivity index (χ4n) is 1.67. The molecular formula is C18H29NO7S2. The van der Waals surface area contributed by atoms with Crippen LogP contribution in [0.5, 0.6) is 0 Å². The third kappa shape index (κ3) is 16.6. The molecule has 0 rings (SSSR count). The molecule has 0 atom stereocenters. The Balaban J connectivity index is 3.81. The molecular weight excluding hydrogens is 406 g/mol. The summed E-state index contributed by atoms with van der Waals surface area (Å²) in [5.74, 6) is -1.29. The predicted octanol–water partition coefficient (Wildman–Crippen LogP) is 2.93. The molecule has 1 amide bonds. The highest BCUT2D eigenvalue weighted by molar-refractivity contribution is 8.14. The van der Waals surface area contributed by atoms with E-state index in [0.717, 1.165) is 31.0 Å². The van der Waals surface area contributed by atoms with Gasteiger partial charge in [0.25, 0.3) is 0 Å². The number of hydrogen-bond donors (Lipinski definition) is 1. The molecule has 0 fully saturated rings.